The van der Waals surface area contributed by atoms with Crippen LogP contribution in [0.25, 0.3) is 11.5 Å². The molecule has 0 bridgehead atoms. The van der Waals surface area contributed by atoms with Gasteiger partial charge >= 0.3 is 0 Å². The molecule has 0 aliphatic carbocycles. The second-order valence-electron chi connectivity index (χ2n) is 2.65. The van der Waals surface area contributed by atoms with E-state index in [1.54, 1.807) is 12.3 Å². The van der Waals surface area contributed by atoms with Crippen molar-refractivity contribution in [3.8, 4) is 11.5 Å². The van der Waals surface area contributed by atoms with Crippen molar-refractivity contribution in [2.45, 2.75) is 13.5 Å². The second-order valence-corrected chi connectivity index (χ2v) is 2.65. The van der Waals surface area contributed by atoms with Gasteiger partial charge in [-0.1, -0.05) is 5.16 Å². The van der Waals surface area contributed by atoms with Gasteiger partial charge in [-0.2, -0.15) is 5.10 Å². The van der Waals surface area contributed by atoms with E-state index in [4.69, 9.17) is 10.3 Å². The van der Waals surface area contributed by atoms with Crippen molar-refractivity contribution in [2.24, 2.45) is 0 Å². The fraction of sp³-hybridized carbons (Fsp3) is 0.250. The Kier molecular flexibility index (Phi) is 1.77. The fourth-order valence-corrected chi connectivity index (χ4v) is 1.20. The number of nitrogens with zero attached hydrogens (tertiary/aromatic N) is 3. The van der Waals surface area contributed by atoms with Crippen molar-refractivity contribution in [3.05, 3.63) is 18.3 Å². The highest BCUT2D eigenvalue weighted by atomic mass is 16.5. The molecule has 0 amide bonds. The molecule has 0 atom stereocenters. The summed E-state index contributed by atoms with van der Waals surface area (Å²) in [7, 11) is 0. The van der Waals surface area contributed by atoms with Crippen molar-refractivity contribution < 1.29 is 4.52 Å². The molecule has 0 aromatic carbocycles. The van der Waals surface area contributed by atoms with Crippen LogP contribution < -0.4 is 5.73 Å². The minimum absolute atomic E-state index is 0.388. The molecule has 5 nitrogen and oxygen atoms in total. The molecule has 0 saturated heterocycles. The van der Waals surface area contributed by atoms with E-state index in [-0.39, 0.29) is 0 Å². The maximum absolute atomic E-state index is 5.44. The molecule has 0 aliphatic heterocycles. The van der Waals surface area contributed by atoms with Gasteiger partial charge in [-0.25, -0.2) is 0 Å². The smallest absolute Gasteiger partial charge is 0.187 e. The first-order valence-electron chi connectivity index (χ1n) is 4.05. The molecule has 0 unspecified atom stereocenters. The molecular weight excluding hydrogens is 168 g/mol. The summed E-state index contributed by atoms with van der Waals surface area (Å²) < 4.78 is 6.83. The highest BCUT2D eigenvalue weighted by molar-refractivity contribution is 5.55. The third kappa shape index (κ3) is 1.28. The van der Waals surface area contributed by atoms with E-state index in [2.05, 4.69) is 10.3 Å². The predicted molar refractivity (Wildman–Crippen MR) is 47.8 cm³/mol. The summed E-state index contributed by atoms with van der Waals surface area (Å²) >= 11 is 0. The molecule has 0 spiro atoms. The molecule has 13 heavy (non-hydrogen) atoms. The Hall–Kier alpha value is -1.78. The van der Waals surface area contributed by atoms with Gasteiger partial charge in [0, 0.05) is 18.8 Å². The van der Waals surface area contributed by atoms with Crippen LogP contribution in [0.1, 0.15) is 6.92 Å². The number of rotatable bonds is 2. The van der Waals surface area contributed by atoms with E-state index in [0.717, 1.165) is 12.2 Å². The van der Waals surface area contributed by atoms with Gasteiger partial charge in [-0.05, 0) is 13.0 Å². The minimum Gasteiger partial charge on any atom is -0.381 e. The van der Waals surface area contributed by atoms with E-state index < -0.39 is 0 Å². The quantitative estimate of drug-likeness (QED) is 0.748. The van der Waals surface area contributed by atoms with E-state index >= 15 is 0 Å². The second kappa shape index (κ2) is 2.93. The first kappa shape index (κ1) is 7.85. The summed E-state index contributed by atoms with van der Waals surface area (Å²) in [5.74, 6) is 1.04. The predicted octanol–water partition coefficient (Wildman–Crippen LogP) is 1.14. The molecule has 0 saturated carbocycles. The summed E-state index contributed by atoms with van der Waals surface area (Å²) in [5, 5.41) is 7.72. The Morgan fingerprint density at radius 2 is 2.46 bits per heavy atom. The molecule has 0 fully saturated rings. The van der Waals surface area contributed by atoms with Gasteiger partial charge < -0.3 is 10.3 Å². The van der Waals surface area contributed by atoms with Crippen LogP contribution >= 0.6 is 0 Å². The van der Waals surface area contributed by atoms with Crippen LogP contribution in [-0.4, -0.2) is 14.9 Å². The summed E-state index contributed by atoms with van der Waals surface area (Å²) in [6.07, 6.45) is 1.72. The molecular formula is C8H10N4O. The number of aromatic nitrogens is 3. The van der Waals surface area contributed by atoms with Crippen LogP contribution in [0, 0.1) is 0 Å². The zero-order chi connectivity index (χ0) is 9.26. The molecule has 2 heterocycles. The third-order valence-corrected chi connectivity index (χ3v) is 1.80. The average Bonchev–Trinajstić information content (AvgIpc) is 2.71. The first-order chi connectivity index (χ1) is 6.31. The van der Waals surface area contributed by atoms with E-state index in [1.165, 1.54) is 0 Å². The Bertz CT molecular complexity index is 404. The fourth-order valence-electron chi connectivity index (χ4n) is 1.20. The molecule has 68 valence electrons. The Morgan fingerprint density at radius 1 is 1.62 bits per heavy atom. The van der Waals surface area contributed by atoms with Gasteiger partial charge in [0.1, 0.15) is 5.69 Å². The lowest BCUT2D eigenvalue weighted by Gasteiger charge is -1.98. The maximum Gasteiger partial charge on any atom is 0.187 e. The molecule has 2 aromatic heterocycles. The lowest BCUT2D eigenvalue weighted by Crippen LogP contribution is -1.97. The largest absolute Gasteiger partial charge is 0.381 e. The maximum atomic E-state index is 5.44. The number of nitrogens with two attached hydrogens (primary N) is 1. The first-order valence-corrected chi connectivity index (χ1v) is 4.05. The van der Waals surface area contributed by atoms with Gasteiger partial charge in [-0.15, -0.1) is 0 Å². The Balaban J connectivity index is 2.45. The van der Waals surface area contributed by atoms with E-state index in [9.17, 15) is 0 Å². The summed E-state index contributed by atoms with van der Waals surface area (Å²) in [6, 6.07) is 3.55. The topological polar surface area (TPSA) is 69.9 Å². The van der Waals surface area contributed by atoms with Crippen molar-refractivity contribution in [2.75, 3.05) is 5.73 Å². The number of hydrogen-bond donors (Lipinski definition) is 1. The zero-order valence-electron chi connectivity index (χ0n) is 7.27. The van der Waals surface area contributed by atoms with Gasteiger partial charge in [0.2, 0.25) is 0 Å². The van der Waals surface area contributed by atoms with Crippen LogP contribution in [-0.2, 0) is 6.54 Å². The Labute approximate surface area is 75.1 Å². The number of anilines is 1. The summed E-state index contributed by atoms with van der Waals surface area (Å²) in [4.78, 5) is 0. The minimum atomic E-state index is 0.388. The number of aryl methyl sites for hydroxylation is 1. The van der Waals surface area contributed by atoms with Crippen LogP contribution in [0.2, 0.25) is 0 Å². The number of hydrogen-bond acceptors (Lipinski definition) is 4. The van der Waals surface area contributed by atoms with Gasteiger partial charge in [0.25, 0.3) is 0 Å². The lowest BCUT2D eigenvalue weighted by molar-refractivity contribution is 0.431. The van der Waals surface area contributed by atoms with Crippen molar-refractivity contribution in [1.82, 2.24) is 14.9 Å². The van der Waals surface area contributed by atoms with Crippen molar-refractivity contribution in [3.63, 3.8) is 0 Å². The van der Waals surface area contributed by atoms with Gasteiger partial charge in [0.05, 0.1) is 0 Å². The van der Waals surface area contributed by atoms with Crippen molar-refractivity contribution >= 4 is 5.82 Å². The molecule has 2 rings (SSSR count). The Morgan fingerprint density at radius 3 is 3.08 bits per heavy atom. The lowest BCUT2D eigenvalue weighted by atomic mass is 10.3. The van der Waals surface area contributed by atoms with Gasteiger partial charge in [-0.3, -0.25) is 4.68 Å². The highest BCUT2D eigenvalue weighted by Gasteiger charge is 2.08. The van der Waals surface area contributed by atoms with Crippen LogP contribution in [0.3, 0.4) is 0 Å². The average molecular weight is 178 g/mol. The van der Waals surface area contributed by atoms with E-state index in [1.807, 2.05) is 17.7 Å². The number of nitrogen functional groups attached to an aromatic ring is 1. The van der Waals surface area contributed by atoms with Gasteiger partial charge in [0.15, 0.2) is 11.6 Å². The summed E-state index contributed by atoms with van der Waals surface area (Å²) in [6.45, 7) is 2.80. The van der Waals surface area contributed by atoms with Crippen LogP contribution in [0.5, 0.6) is 0 Å². The van der Waals surface area contributed by atoms with Crippen molar-refractivity contribution in [1.29, 1.82) is 0 Å². The van der Waals surface area contributed by atoms with Crippen LogP contribution in [0.15, 0.2) is 22.9 Å². The third-order valence-electron chi connectivity index (χ3n) is 1.80. The van der Waals surface area contributed by atoms with E-state index in [0.29, 0.717) is 11.6 Å². The zero-order valence-corrected chi connectivity index (χ0v) is 7.27. The highest BCUT2D eigenvalue weighted by Crippen LogP contribution is 2.20. The van der Waals surface area contributed by atoms with Crippen LogP contribution in [0.4, 0.5) is 5.82 Å². The summed E-state index contributed by atoms with van der Waals surface area (Å²) in [5.41, 5.74) is 6.34. The molecule has 5 heteroatoms. The molecule has 2 N–H and O–H groups in total. The standard InChI is InChI=1S/C8H10N4O/c1-2-12-6(3-4-10-12)7-5-8(9)11-13-7/h3-5H,2H2,1H3,(H2,9,11). The normalized spacial score (nSPS) is 10.5. The molecule has 0 radical (unpaired) electrons. The molecule has 0 aliphatic rings. The molecule has 2 aromatic rings. The SMILES string of the molecule is CCn1nccc1-c1cc(N)no1. The monoisotopic (exact) mass is 178 g/mol.